The zero-order valence-electron chi connectivity index (χ0n) is 16.6. The summed E-state index contributed by atoms with van der Waals surface area (Å²) in [7, 11) is 0. The first-order chi connectivity index (χ1) is 14.6. The smallest absolute Gasteiger partial charge is 0.257 e. The Morgan fingerprint density at radius 1 is 1.30 bits per heavy atom. The Balaban J connectivity index is 1.26. The van der Waals surface area contributed by atoms with E-state index in [1.165, 1.54) is 0 Å². The van der Waals surface area contributed by atoms with Gasteiger partial charge in [-0.15, -0.1) is 22.7 Å². The summed E-state index contributed by atoms with van der Waals surface area (Å²) in [5.41, 5.74) is 2.85. The number of carbonyl (C=O) groups is 1. The summed E-state index contributed by atoms with van der Waals surface area (Å²) in [6.07, 6.45) is 4.15. The highest BCUT2D eigenvalue weighted by Gasteiger charge is 2.30. The summed E-state index contributed by atoms with van der Waals surface area (Å²) in [5.74, 6) is 0.684. The molecule has 156 valence electrons. The number of thiazole rings is 1. The summed E-state index contributed by atoms with van der Waals surface area (Å²) >= 11 is 4.88. The first kappa shape index (κ1) is 20.0. The molecule has 2 aliphatic rings. The van der Waals surface area contributed by atoms with E-state index in [0.717, 1.165) is 68.3 Å². The summed E-state index contributed by atoms with van der Waals surface area (Å²) < 4.78 is 1.77. The molecule has 1 aliphatic heterocycles. The number of nitrogens with one attached hydrogen (secondary N) is 1. The van der Waals surface area contributed by atoms with E-state index in [0.29, 0.717) is 13.0 Å². The van der Waals surface area contributed by atoms with Gasteiger partial charge in [0, 0.05) is 22.6 Å². The van der Waals surface area contributed by atoms with Crippen molar-refractivity contribution in [2.45, 2.75) is 56.8 Å². The van der Waals surface area contributed by atoms with E-state index < -0.39 is 0 Å². The number of hydrogen-bond acceptors (Lipinski definition) is 7. The van der Waals surface area contributed by atoms with Crippen molar-refractivity contribution in [1.29, 1.82) is 0 Å². The molecule has 6 nitrogen and oxygen atoms in total. The monoisotopic (exact) mass is 458 g/mol. The van der Waals surface area contributed by atoms with Crippen LogP contribution in [-0.4, -0.2) is 26.2 Å². The zero-order valence-corrected chi connectivity index (χ0v) is 19.1. The third-order valence-corrected chi connectivity index (χ3v) is 8.91. The Hall–Kier alpha value is -1.97. The molecule has 9 heteroatoms. The lowest BCUT2D eigenvalue weighted by Gasteiger charge is -2.18. The predicted molar refractivity (Wildman–Crippen MR) is 122 cm³/mol. The highest BCUT2D eigenvalue weighted by atomic mass is 32.2. The maximum atomic E-state index is 13.0. The third kappa shape index (κ3) is 3.74. The minimum Gasteiger partial charge on any atom is -0.351 e. The Bertz CT molecular complexity index is 1150. The molecule has 0 saturated heterocycles. The van der Waals surface area contributed by atoms with Crippen molar-refractivity contribution >= 4 is 40.3 Å². The van der Waals surface area contributed by atoms with Crippen molar-refractivity contribution < 1.29 is 4.79 Å². The molecule has 0 aromatic carbocycles. The van der Waals surface area contributed by atoms with Crippen LogP contribution in [0.15, 0.2) is 27.5 Å². The highest BCUT2D eigenvalue weighted by molar-refractivity contribution is 7.99. The minimum absolute atomic E-state index is 0.0384. The molecule has 3 aromatic heterocycles. The molecule has 0 saturated carbocycles. The average Bonchev–Trinajstić information content (AvgIpc) is 3.47. The van der Waals surface area contributed by atoms with E-state index >= 15 is 0 Å². The van der Waals surface area contributed by atoms with Gasteiger partial charge in [-0.1, -0.05) is 17.8 Å². The van der Waals surface area contributed by atoms with Gasteiger partial charge in [0.1, 0.15) is 5.01 Å². The lowest BCUT2D eigenvalue weighted by atomic mass is 9.97. The standard InChI is InChI=1S/C21H22N4O2S3/c1-12-17(30-19(23-12)16-7-4-8-28-16)10-22-18(26)9-13-11-29-21-24-15-6-3-2-5-14(15)20(27)25(13)21/h4,7-8,13H,2-3,5-6,9-11H2,1H3,(H,22,26). The number of aromatic nitrogens is 3. The SMILES string of the molecule is Cc1nc(-c2cccs2)sc1CNC(=O)CC1CSc2nc3c(c(=O)n21)CCCC3. The van der Waals surface area contributed by atoms with Crippen molar-refractivity contribution in [2.75, 3.05) is 5.75 Å². The van der Waals surface area contributed by atoms with Crippen molar-refractivity contribution in [3.05, 3.63) is 49.7 Å². The number of thioether (sulfide) groups is 1. The molecule has 0 spiro atoms. The van der Waals surface area contributed by atoms with Gasteiger partial charge in [-0.05, 0) is 44.1 Å². The molecule has 1 aliphatic carbocycles. The van der Waals surface area contributed by atoms with Crippen LogP contribution in [0, 0.1) is 6.92 Å². The van der Waals surface area contributed by atoms with Gasteiger partial charge in [0.15, 0.2) is 5.16 Å². The Kier molecular flexibility index (Phi) is 5.51. The van der Waals surface area contributed by atoms with Gasteiger partial charge >= 0.3 is 0 Å². The first-order valence-electron chi connectivity index (χ1n) is 10.1. The fraction of sp³-hybridized carbons (Fsp3) is 0.429. The normalized spacial score (nSPS) is 17.6. The summed E-state index contributed by atoms with van der Waals surface area (Å²) in [5, 5.41) is 6.84. The molecule has 1 atom stereocenters. The fourth-order valence-electron chi connectivity index (χ4n) is 4.03. The number of thiophene rings is 1. The summed E-state index contributed by atoms with van der Waals surface area (Å²) in [6, 6.07) is 3.95. The van der Waals surface area contributed by atoms with Crippen LogP contribution in [0.3, 0.4) is 0 Å². The number of carbonyl (C=O) groups excluding carboxylic acids is 1. The second-order valence-electron chi connectivity index (χ2n) is 7.65. The quantitative estimate of drug-likeness (QED) is 0.586. The van der Waals surface area contributed by atoms with Crippen LogP contribution in [0.5, 0.6) is 0 Å². The van der Waals surface area contributed by atoms with Gasteiger partial charge in [0.2, 0.25) is 5.91 Å². The van der Waals surface area contributed by atoms with Gasteiger partial charge in [-0.3, -0.25) is 14.2 Å². The van der Waals surface area contributed by atoms with E-state index in [4.69, 9.17) is 4.98 Å². The molecule has 30 heavy (non-hydrogen) atoms. The van der Waals surface area contributed by atoms with Gasteiger partial charge in [-0.2, -0.15) is 0 Å². The van der Waals surface area contributed by atoms with Crippen LogP contribution in [0.4, 0.5) is 0 Å². The maximum absolute atomic E-state index is 13.0. The molecule has 1 N–H and O–H groups in total. The number of nitrogens with zero attached hydrogens (tertiary/aromatic N) is 3. The number of fused-ring (bicyclic) bond motifs is 2. The molecule has 3 aromatic rings. The Morgan fingerprint density at radius 3 is 3.00 bits per heavy atom. The number of rotatable bonds is 5. The lowest BCUT2D eigenvalue weighted by Crippen LogP contribution is -2.33. The molecule has 0 radical (unpaired) electrons. The van der Waals surface area contributed by atoms with Crippen LogP contribution in [0.2, 0.25) is 0 Å². The Morgan fingerprint density at radius 2 is 2.17 bits per heavy atom. The van der Waals surface area contributed by atoms with Gasteiger partial charge in [0.05, 0.1) is 28.9 Å². The Labute approximate surface area is 186 Å². The third-order valence-electron chi connectivity index (χ3n) is 5.61. The lowest BCUT2D eigenvalue weighted by molar-refractivity contribution is -0.121. The van der Waals surface area contributed by atoms with Crippen molar-refractivity contribution in [2.24, 2.45) is 0 Å². The predicted octanol–water partition coefficient (Wildman–Crippen LogP) is 3.97. The molecule has 1 unspecified atom stereocenters. The van der Waals surface area contributed by atoms with Crippen LogP contribution < -0.4 is 10.9 Å². The van der Waals surface area contributed by atoms with E-state index in [9.17, 15) is 9.59 Å². The summed E-state index contributed by atoms with van der Waals surface area (Å²) in [6.45, 7) is 2.45. The molecule has 1 amide bonds. The molecule has 0 bridgehead atoms. The van der Waals surface area contributed by atoms with E-state index in [1.807, 2.05) is 18.4 Å². The first-order valence-corrected chi connectivity index (χ1v) is 12.8. The van der Waals surface area contributed by atoms with E-state index in [-0.39, 0.29) is 17.5 Å². The highest BCUT2D eigenvalue weighted by Crippen LogP contribution is 2.34. The molecule has 4 heterocycles. The van der Waals surface area contributed by atoms with Crippen molar-refractivity contribution in [1.82, 2.24) is 19.9 Å². The van der Waals surface area contributed by atoms with E-state index in [1.54, 1.807) is 39.0 Å². The molecule has 5 rings (SSSR count). The number of amides is 1. The topological polar surface area (TPSA) is 76.9 Å². The number of aryl methyl sites for hydroxylation is 2. The molecule has 0 fully saturated rings. The fourth-order valence-corrected chi connectivity index (χ4v) is 6.98. The second kappa shape index (κ2) is 8.28. The van der Waals surface area contributed by atoms with Gasteiger partial charge < -0.3 is 5.32 Å². The summed E-state index contributed by atoms with van der Waals surface area (Å²) in [4.78, 5) is 37.3. The van der Waals surface area contributed by atoms with Crippen molar-refractivity contribution in [3.63, 3.8) is 0 Å². The van der Waals surface area contributed by atoms with Crippen LogP contribution in [0.1, 0.15) is 47.1 Å². The largest absolute Gasteiger partial charge is 0.351 e. The average molecular weight is 459 g/mol. The molecular weight excluding hydrogens is 436 g/mol. The van der Waals surface area contributed by atoms with Gasteiger partial charge in [0.25, 0.3) is 5.56 Å². The maximum Gasteiger partial charge on any atom is 0.257 e. The minimum atomic E-state index is -0.124. The zero-order chi connectivity index (χ0) is 20.7. The van der Waals surface area contributed by atoms with Gasteiger partial charge in [-0.25, -0.2) is 9.97 Å². The van der Waals surface area contributed by atoms with Crippen LogP contribution >= 0.6 is 34.4 Å². The second-order valence-corrected chi connectivity index (χ2v) is 10.7. The van der Waals surface area contributed by atoms with Crippen LogP contribution in [-0.2, 0) is 24.2 Å². The van der Waals surface area contributed by atoms with E-state index in [2.05, 4.69) is 16.4 Å². The number of hydrogen-bond donors (Lipinski definition) is 1. The molecular formula is C21H22N4O2S3. The van der Waals surface area contributed by atoms with Crippen LogP contribution in [0.25, 0.3) is 9.88 Å². The van der Waals surface area contributed by atoms with Crippen molar-refractivity contribution in [3.8, 4) is 9.88 Å².